The molecule has 0 saturated carbocycles. The predicted octanol–water partition coefficient (Wildman–Crippen LogP) is 3.36. The lowest BCUT2D eigenvalue weighted by Gasteiger charge is -2.30. The van der Waals surface area contributed by atoms with Crippen LogP contribution in [0.15, 0.2) is 30.3 Å². The molecule has 0 aliphatic carbocycles. The van der Waals surface area contributed by atoms with E-state index in [2.05, 4.69) is 12.0 Å². The molecule has 0 unspecified atom stereocenters. The van der Waals surface area contributed by atoms with Gasteiger partial charge in [-0.3, -0.25) is 4.79 Å². The van der Waals surface area contributed by atoms with Gasteiger partial charge in [0, 0.05) is 24.3 Å². The number of amides is 1. The number of benzene rings is 1. The molecule has 0 atom stereocenters. The summed E-state index contributed by atoms with van der Waals surface area (Å²) < 4.78 is 1.91. The van der Waals surface area contributed by atoms with Crippen LogP contribution in [0.1, 0.15) is 41.5 Å². The molecule has 0 spiro atoms. The molecular weight excluding hydrogens is 274 g/mol. The number of nitrogens with zero attached hydrogens (tertiary/aromatic N) is 3. The Kier molecular flexibility index (Phi) is 4.01. The molecule has 1 aliphatic rings. The third-order valence-corrected chi connectivity index (χ3v) is 4.44. The number of piperidine rings is 1. The van der Waals surface area contributed by atoms with Gasteiger partial charge in [0.1, 0.15) is 0 Å². The van der Waals surface area contributed by atoms with Crippen molar-refractivity contribution in [3.63, 3.8) is 0 Å². The molecule has 0 radical (unpaired) electrons. The summed E-state index contributed by atoms with van der Waals surface area (Å²) in [5, 5.41) is 4.47. The van der Waals surface area contributed by atoms with Gasteiger partial charge < -0.3 is 4.90 Å². The third kappa shape index (κ3) is 2.91. The lowest BCUT2D eigenvalue weighted by molar-refractivity contribution is 0.0697. The molecule has 4 heteroatoms. The fraction of sp³-hybridized carbons (Fsp3) is 0.444. The van der Waals surface area contributed by atoms with E-state index in [-0.39, 0.29) is 5.91 Å². The van der Waals surface area contributed by atoms with Gasteiger partial charge in [0.2, 0.25) is 0 Å². The van der Waals surface area contributed by atoms with Gasteiger partial charge >= 0.3 is 0 Å². The maximum atomic E-state index is 12.5. The number of likely N-dealkylation sites (tertiary alicyclic amines) is 1. The van der Waals surface area contributed by atoms with Crippen molar-refractivity contribution < 1.29 is 4.79 Å². The summed E-state index contributed by atoms with van der Waals surface area (Å²) in [6, 6.07) is 9.81. The minimum atomic E-state index is 0.145. The van der Waals surface area contributed by atoms with Gasteiger partial charge in [0.15, 0.2) is 0 Å². The molecule has 1 aliphatic heterocycles. The highest BCUT2D eigenvalue weighted by Crippen LogP contribution is 2.19. The second-order valence-corrected chi connectivity index (χ2v) is 6.36. The van der Waals surface area contributed by atoms with Crippen LogP contribution in [0.2, 0.25) is 0 Å². The molecule has 4 nitrogen and oxygen atoms in total. The highest BCUT2D eigenvalue weighted by molar-refractivity contribution is 5.94. The Hall–Kier alpha value is -2.10. The molecule has 0 N–H and O–H groups in total. The van der Waals surface area contributed by atoms with Crippen LogP contribution in [0, 0.1) is 19.8 Å². The Morgan fingerprint density at radius 2 is 1.77 bits per heavy atom. The highest BCUT2D eigenvalue weighted by Gasteiger charge is 2.21. The van der Waals surface area contributed by atoms with E-state index in [4.69, 9.17) is 0 Å². The van der Waals surface area contributed by atoms with Crippen LogP contribution >= 0.6 is 0 Å². The number of hydrogen-bond acceptors (Lipinski definition) is 2. The van der Waals surface area contributed by atoms with Gasteiger partial charge in [0.05, 0.1) is 11.4 Å². The van der Waals surface area contributed by atoms with Crippen LogP contribution in [0.4, 0.5) is 0 Å². The van der Waals surface area contributed by atoms with Gasteiger partial charge in [0.25, 0.3) is 5.91 Å². The van der Waals surface area contributed by atoms with Crippen LogP contribution in [0.3, 0.4) is 0 Å². The van der Waals surface area contributed by atoms with Gasteiger partial charge in [-0.15, -0.1) is 0 Å². The smallest absolute Gasteiger partial charge is 0.253 e. The third-order valence-electron chi connectivity index (χ3n) is 4.44. The Morgan fingerprint density at radius 1 is 1.14 bits per heavy atom. The summed E-state index contributed by atoms with van der Waals surface area (Å²) >= 11 is 0. The first-order valence-corrected chi connectivity index (χ1v) is 7.97. The molecule has 1 aromatic heterocycles. The summed E-state index contributed by atoms with van der Waals surface area (Å²) in [5.41, 5.74) is 3.86. The lowest BCUT2D eigenvalue weighted by atomic mass is 9.98. The quantitative estimate of drug-likeness (QED) is 0.852. The fourth-order valence-electron chi connectivity index (χ4n) is 3.03. The van der Waals surface area contributed by atoms with Gasteiger partial charge in [-0.2, -0.15) is 5.10 Å². The second kappa shape index (κ2) is 5.95. The summed E-state index contributed by atoms with van der Waals surface area (Å²) in [6.07, 6.45) is 2.21. The number of aromatic nitrogens is 2. The summed E-state index contributed by atoms with van der Waals surface area (Å²) in [4.78, 5) is 14.5. The minimum absolute atomic E-state index is 0.145. The lowest BCUT2D eigenvalue weighted by Crippen LogP contribution is -2.37. The van der Waals surface area contributed by atoms with E-state index in [9.17, 15) is 4.79 Å². The van der Waals surface area contributed by atoms with Crippen LogP contribution in [-0.4, -0.2) is 33.7 Å². The molecule has 2 aromatic rings. The predicted molar refractivity (Wildman–Crippen MR) is 87.3 cm³/mol. The molecule has 1 saturated heterocycles. The average Bonchev–Trinajstić information content (AvgIpc) is 2.86. The zero-order chi connectivity index (χ0) is 15.7. The topological polar surface area (TPSA) is 38.1 Å². The molecule has 116 valence electrons. The van der Waals surface area contributed by atoms with E-state index in [0.717, 1.165) is 54.5 Å². The average molecular weight is 297 g/mol. The zero-order valence-corrected chi connectivity index (χ0v) is 13.5. The number of carbonyl (C=O) groups excluding carboxylic acids is 1. The van der Waals surface area contributed by atoms with Crippen molar-refractivity contribution in [2.75, 3.05) is 13.1 Å². The fourth-order valence-corrected chi connectivity index (χ4v) is 3.03. The Labute approximate surface area is 131 Å². The first-order valence-electron chi connectivity index (χ1n) is 7.97. The van der Waals surface area contributed by atoms with Crippen molar-refractivity contribution in [3.8, 4) is 5.69 Å². The SMILES string of the molecule is Cc1cc(C)n(-c2ccc(C(=O)N3CCC(C)CC3)cc2)n1. The number of carbonyl (C=O) groups is 1. The van der Waals surface area contributed by atoms with E-state index >= 15 is 0 Å². The van der Waals surface area contributed by atoms with Crippen LogP contribution in [-0.2, 0) is 0 Å². The van der Waals surface area contributed by atoms with E-state index in [1.165, 1.54) is 0 Å². The molecule has 1 amide bonds. The van der Waals surface area contributed by atoms with Crippen molar-refractivity contribution in [1.82, 2.24) is 14.7 Å². The molecular formula is C18H23N3O. The first-order chi connectivity index (χ1) is 10.5. The van der Waals surface area contributed by atoms with Gasteiger partial charge in [-0.05, 0) is 62.9 Å². The van der Waals surface area contributed by atoms with Crippen molar-refractivity contribution in [2.45, 2.75) is 33.6 Å². The van der Waals surface area contributed by atoms with E-state index < -0.39 is 0 Å². The van der Waals surface area contributed by atoms with Gasteiger partial charge in [-0.25, -0.2) is 4.68 Å². The molecule has 1 aromatic carbocycles. The summed E-state index contributed by atoms with van der Waals surface area (Å²) in [5.74, 6) is 0.879. The number of aryl methyl sites for hydroxylation is 2. The molecule has 1 fully saturated rings. The van der Waals surface area contributed by atoms with Crippen molar-refractivity contribution >= 4 is 5.91 Å². The maximum Gasteiger partial charge on any atom is 0.253 e. The maximum absolute atomic E-state index is 12.5. The Bertz CT molecular complexity index is 664. The van der Waals surface area contributed by atoms with Crippen LogP contribution in [0.5, 0.6) is 0 Å². The van der Waals surface area contributed by atoms with E-state index in [1.54, 1.807) is 0 Å². The van der Waals surface area contributed by atoms with Crippen LogP contribution < -0.4 is 0 Å². The Balaban J connectivity index is 1.76. The first kappa shape index (κ1) is 14.8. The standard InChI is InChI=1S/C18H23N3O/c1-13-8-10-20(11-9-13)18(22)16-4-6-17(7-5-16)21-15(3)12-14(2)19-21/h4-7,12-13H,8-11H2,1-3H3. The largest absolute Gasteiger partial charge is 0.339 e. The normalized spacial score (nSPS) is 16.0. The van der Waals surface area contributed by atoms with Gasteiger partial charge in [-0.1, -0.05) is 6.92 Å². The van der Waals surface area contributed by atoms with Crippen molar-refractivity contribution in [3.05, 3.63) is 47.3 Å². The Morgan fingerprint density at radius 3 is 2.32 bits per heavy atom. The second-order valence-electron chi connectivity index (χ2n) is 6.36. The molecule has 2 heterocycles. The van der Waals surface area contributed by atoms with Crippen molar-refractivity contribution in [1.29, 1.82) is 0 Å². The summed E-state index contributed by atoms with van der Waals surface area (Å²) in [6.45, 7) is 8.02. The number of rotatable bonds is 2. The van der Waals surface area contributed by atoms with Crippen LogP contribution in [0.25, 0.3) is 5.69 Å². The molecule has 3 rings (SSSR count). The monoisotopic (exact) mass is 297 g/mol. The zero-order valence-electron chi connectivity index (χ0n) is 13.5. The van der Waals surface area contributed by atoms with E-state index in [0.29, 0.717) is 0 Å². The highest BCUT2D eigenvalue weighted by atomic mass is 16.2. The summed E-state index contributed by atoms with van der Waals surface area (Å²) in [7, 11) is 0. The molecule has 0 bridgehead atoms. The minimum Gasteiger partial charge on any atom is -0.339 e. The van der Waals surface area contributed by atoms with Crippen molar-refractivity contribution in [2.24, 2.45) is 5.92 Å². The van der Waals surface area contributed by atoms with E-state index in [1.807, 2.05) is 53.8 Å². The number of hydrogen-bond donors (Lipinski definition) is 0. The molecule has 22 heavy (non-hydrogen) atoms.